The summed E-state index contributed by atoms with van der Waals surface area (Å²) in [6, 6.07) is 9.90. The maximum Gasteiger partial charge on any atom is 0.161 e. The molecule has 4 heteroatoms. The van der Waals surface area contributed by atoms with Crippen LogP contribution in [0.5, 0.6) is 0 Å². The molecule has 2 atom stereocenters. The van der Waals surface area contributed by atoms with Gasteiger partial charge in [0.25, 0.3) is 0 Å². The van der Waals surface area contributed by atoms with Crippen LogP contribution in [0.15, 0.2) is 24.3 Å². The number of nitrogens with zero attached hydrogens (tertiary/aromatic N) is 2. The van der Waals surface area contributed by atoms with Crippen molar-refractivity contribution in [3.8, 4) is 6.07 Å². The molecule has 0 spiro atoms. The summed E-state index contributed by atoms with van der Waals surface area (Å²) < 4.78 is 5.30. The lowest BCUT2D eigenvalue weighted by molar-refractivity contribution is 0.0764. The second-order valence-corrected chi connectivity index (χ2v) is 4.20. The number of rotatable bonds is 2. The fourth-order valence-electron chi connectivity index (χ4n) is 1.93. The second kappa shape index (κ2) is 5.17. The summed E-state index contributed by atoms with van der Waals surface area (Å²) in [5, 5.41) is 18.3. The topological polar surface area (TPSA) is 56.5 Å². The highest BCUT2D eigenvalue weighted by Crippen LogP contribution is 2.20. The molecular weight excluding hydrogens is 216 g/mol. The predicted molar refractivity (Wildman–Crippen MR) is 64.6 cm³/mol. The number of hydrogen-bond donors (Lipinski definition) is 1. The van der Waals surface area contributed by atoms with Crippen LogP contribution in [0, 0.1) is 11.3 Å². The highest BCUT2D eigenvalue weighted by molar-refractivity contribution is 5.48. The van der Waals surface area contributed by atoms with Crippen LogP contribution in [-0.2, 0) is 4.74 Å². The molecule has 1 aromatic rings. The van der Waals surface area contributed by atoms with Crippen LogP contribution in [0.3, 0.4) is 0 Å². The number of morpholine rings is 1. The molecule has 1 fully saturated rings. The van der Waals surface area contributed by atoms with Gasteiger partial charge in [0, 0.05) is 12.2 Å². The number of ether oxygens (including phenoxy) is 1. The minimum absolute atomic E-state index is 0.347. The van der Waals surface area contributed by atoms with Gasteiger partial charge in [-0.25, -0.2) is 0 Å². The molecule has 1 unspecified atom stereocenters. The van der Waals surface area contributed by atoms with Gasteiger partial charge in [0.1, 0.15) is 0 Å². The van der Waals surface area contributed by atoms with E-state index in [-0.39, 0.29) is 6.10 Å². The molecule has 0 bridgehead atoms. The monoisotopic (exact) mass is 232 g/mol. The summed E-state index contributed by atoms with van der Waals surface area (Å²) in [5.41, 5.74) is 1.97. The Morgan fingerprint density at radius 2 is 2.18 bits per heavy atom. The van der Waals surface area contributed by atoms with Crippen molar-refractivity contribution in [2.24, 2.45) is 0 Å². The van der Waals surface area contributed by atoms with E-state index in [1.807, 2.05) is 24.3 Å². The predicted octanol–water partition coefficient (Wildman–Crippen LogP) is 1.47. The van der Waals surface area contributed by atoms with Crippen LogP contribution in [0.1, 0.15) is 18.6 Å². The Balaban J connectivity index is 2.09. The van der Waals surface area contributed by atoms with Crippen molar-refractivity contribution < 1.29 is 9.84 Å². The van der Waals surface area contributed by atoms with Crippen molar-refractivity contribution in [3.05, 3.63) is 29.8 Å². The van der Waals surface area contributed by atoms with Gasteiger partial charge in [0.05, 0.1) is 25.3 Å². The van der Waals surface area contributed by atoms with Crippen molar-refractivity contribution in [2.75, 3.05) is 24.6 Å². The van der Waals surface area contributed by atoms with Gasteiger partial charge < -0.3 is 14.7 Å². The fourth-order valence-corrected chi connectivity index (χ4v) is 1.93. The van der Waals surface area contributed by atoms with Crippen LogP contribution in [-0.4, -0.2) is 30.9 Å². The summed E-state index contributed by atoms with van der Waals surface area (Å²) in [4.78, 5) is 2.13. The number of aliphatic hydroxyl groups is 1. The van der Waals surface area contributed by atoms with E-state index in [0.717, 1.165) is 17.8 Å². The first-order chi connectivity index (χ1) is 8.20. The van der Waals surface area contributed by atoms with Gasteiger partial charge in [-0.05, 0) is 24.6 Å². The summed E-state index contributed by atoms with van der Waals surface area (Å²) in [7, 11) is 0. The quantitative estimate of drug-likeness (QED) is 0.839. The fraction of sp³-hybridized carbons (Fsp3) is 0.462. The molecule has 1 aliphatic heterocycles. The van der Waals surface area contributed by atoms with E-state index in [1.54, 1.807) is 6.92 Å². The minimum Gasteiger partial charge on any atom is -0.389 e. The molecule has 0 aromatic heterocycles. The number of hydrogen-bond acceptors (Lipinski definition) is 4. The molecule has 4 nitrogen and oxygen atoms in total. The van der Waals surface area contributed by atoms with Gasteiger partial charge in [0.2, 0.25) is 0 Å². The Morgan fingerprint density at radius 1 is 1.47 bits per heavy atom. The molecule has 0 saturated carbocycles. The highest BCUT2D eigenvalue weighted by Gasteiger charge is 2.20. The van der Waals surface area contributed by atoms with Gasteiger partial charge in [-0.2, -0.15) is 5.26 Å². The first-order valence-electron chi connectivity index (χ1n) is 5.75. The number of nitriles is 1. The van der Waals surface area contributed by atoms with Gasteiger partial charge in [-0.15, -0.1) is 0 Å². The molecule has 17 heavy (non-hydrogen) atoms. The van der Waals surface area contributed by atoms with Crippen molar-refractivity contribution in [1.29, 1.82) is 5.26 Å². The number of benzene rings is 1. The third-order valence-corrected chi connectivity index (χ3v) is 2.95. The Morgan fingerprint density at radius 3 is 2.76 bits per heavy atom. The van der Waals surface area contributed by atoms with Crippen LogP contribution < -0.4 is 4.90 Å². The van der Waals surface area contributed by atoms with Crippen LogP contribution in [0.2, 0.25) is 0 Å². The zero-order valence-corrected chi connectivity index (χ0v) is 9.84. The highest BCUT2D eigenvalue weighted by atomic mass is 16.5. The average molecular weight is 232 g/mol. The van der Waals surface area contributed by atoms with E-state index in [1.165, 1.54) is 0 Å². The van der Waals surface area contributed by atoms with E-state index >= 15 is 0 Å². The Kier molecular flexibility index (Phi) is 3.62. The summed E-state index contributed by atoms with van der Waals surface area (Å²) in [6.45, 7) is 3.72. The molecule has 0 aliphatic carbocycles. The molecule has 90 valence electrons. The Bertz CT molecular complexity index is 408. The maximum absolute atomic E-state index is 9.43. The van der Waals surface area contributed by atoms with Crippen LogP contribution in [0.4, 0.5) is 5.69 Å². The van der Waals surface area contributed by atoms with Gasteiger partial charge in [-0.3, -0.25) is 0 Å². The Labute approximate surface area is 101 Å². The second-order valence-electron chi connectivity index (χ2n) is 4.20. The molecule has 1 saturated heterocycles. The molecule has 0 radical (unpaired) electrons. The number of anilines is 1. The van der Waals surface area contributed by atoms with Gasteiger partial charge in [0.15, 0.2) is 6.10 Å². The van der Waals surface area contributed by atoms with E-state index in [0.29, 0.717) is 13.2 Å². The maximum atomic E-state index is 9.43. The molecule has 1 heterocycles. The molecule has 2 rings (SSSR count). The smallest absolute Gasteiger partial charge is 0.161 e. The summed E-state index contributed by atoms with van der Waals surface area (Å²) in [6.07, 6.45) is -0.791. The minimum atomic E-state index is -0.444. The normalized spacial score (nSPS) is 21.9. The largest absolute Gasteiger partial charge is 0.389 e. The lowest BCUT2D eigenvalue weighted by atomic mass is 10.1. The third kappa shape index (κ3) is 2.76. The van der Waals surface area contributed by atoms with Crippen molar-refractivity contribution in [3.63, 3.8) is 0 Å². The van der Waals surface area contributed by atoms with Gasteiger partial charge >= 0.3 is 0 Å². The third-order valence-electron chi connectivity index (χ3n) is 2.95. The van der Waals surface area contributed by atoms with Crippen molar-refractivity contribution in [2.45, 2.75) is 19.1 Å². The summed E-state index contributed by atoms with van der Waals surface area (Å²) >= 11 is 0. The molecule has 1 aliphatic rings. The van der Waals surface area contributed by atoms with E-state index in [4.69, 9.17) is 10.00 Å². The lowest BCUT2D eigenvalue weighted by Crippen LogP contribution is -2.41. The van der Waals surface area contributed by atoms with Gasteiger partial charge in [-0.1, -0.05) is 12.1 Å². The van der Waals surface area contributed by atoms with Crippen LogP contribution in [0.25, 0.3) is 0 Å². The standard InChI is InChI=1S/C13H16N2O2/c1-10(16)11-2-4-12(5-3-11)15-6-7-17-13(8-14)9-15/h2-5,10,13,16H,6-7,9H2,1H3/t10-,13?/m0/s1. The first-order valence-corrected chi connectivity index (χ1v) is 5.75. The summed E-state index contributed by atoms with van der Waals surface area (Å²) in [5.74, 6) is 0. The average Bonchev–Trinajstić information content (AvgIpc) is 2.39. The molecule has 1 N–H and O–H groups in total. The van der Waals surface area contributed by atoms with Crippen molar-refractivity contribution in [1.82, 2.24) is 0 Å². The zero-order chi connectivity index (χ0) is 12.3. The lowest BCUT2D eigenvalue weighted by Gasteiger charge is -2.31. The molecular formula is C13H16N2O2. The van der Waals surface area contributed by atoms with E-state index in [9.17, 15) is 5.11 Å². The van der Waals surface area contributed by atoms with E-state index < -0.39 is 6.10 Å². The SMILES string of the molecule is C[C@H](O)c1ccc(N2CCOC(C#N)C2)cc1. The van der Waals surface area contributed by atoms with Crippen molar-refractivity contribution >= 4 is 5.69 Å². The molecule has 0 amide bonds. The molecule has 1 aromatic carbocycles. The first kappa shape index (κ1) is 11.9. The van der Waals surface area contributed by atoms with E-state index in [2.05, 4.69) is 11.0 Å². The Hall–Kier alpha value is -1.57. The number of aliphatic hydroxyl groups excluding tert-OH is 1. The van der Waals surface area contributed by atoms with Crippen LogP contribution >= 0.6 is 0 Å². The zero-order valence-electron chi connectivity index (χ0n) is 9.84.